The van der Waals surface area contributed by atoms with Crippen LogP contribution in [0.3, 0.4) is 0 Å². The fourth-order valence-electron chi connectivity index (χ4n) is 1.11. The second-order valence-corrected chi connectivity index (χ2v) is 3.03. The number of hydrogen-bond acceptors (Lipinski definition) is 0. The maximum atomic E-state index is 12.2. The molecule has 14 heavy (non-hydrogen) atoms. The van der Waals surface area contributed by atoms with E-state index in [1.54, 1.807) is 12.1 Å². The van der Waals surface area contributed by atoms with E-state index in [-0.39, 0.29) is 5.56 Å². The first-order chi connectivity index (χ1) is 6.45. The highest BCUT2D eigenvalue weighted by molar-refractivity contribution is 5.67. The predicted molar refractivity (Wildman–Crippen MR) is 50.9 cm³/mol. The Morgan fingerprint density at radius 3 is 2.07 bits per heavy atom. The maximum absolute atomic E-state index is 12.2. The molecule has 76 valence electrons. The fourth-order valence-corrected chi connectivity index (χ4v) is 1.11. The second kappa shape index (κ2) is 3.86. The Bertz CT molecular complexity index is 319. The third-order valence-corrected chi connectivity index (χ3v) is 2.05. The molecule has 0 heterocycles. The van der Waals surface area contributed by atoms with Gasteiger partial charge in [0.1, 0.15) is 0 Å². The van der Waals surface area contributed by atoms with Crippen LogP contribution in [-0.4, -0.2) is 6.18 Å². The Morgan fingerprint density at radius 2 is 1.71 bits per heavy atom. The average molecular weight is 200 g/mol. The van der Waals surface area contributed by atoms with Gasteiger partial charge in [0.05, 0.1) is 5.57 Å². The molecule has 3 heteroatoms. The Kier molecular flexibility index (Phi) is 2.99. The monoisotopic (exact) mass is 200 g/mol. The van der Waals surface area contributed by atoms with Crippen molar-refractivity contribution in [3.8, 4) is 0 Å². The lowest BCUT2D eigenvalue weighted by Gasteiger charge is -2.10. The minimum atomic E-state index is -4.34. The molecule has 0 N–H and O–H groups in total. The van der Waals surface area contributed by atoms with Gasteiger partial charge in [-0.25, -0.2) is 0 Å². The van der Waals surface area contributed by atoms with Gasteiger partial charge in [-0.15, -0.1) is 0 Å². The van der Waals surface area contributed by atoms with Gasteiger partial charge < -0.3 is 0 Å². The van der Waals surface area contributed by atoms with Gasteiger partial charge in [0.15, 0.2) is 0 Å². The number of benzene rings is 1. The van der Waals surface area contributed by atoms with Crippen LogP contribution in [0, 0.1) is 0 Å². The summed E-state index contributed by atoms with van der Waals surface area (Å²) in [4.78, 5) is 0. The summed E-state index contributed by atoms with van der Waals surface area (Å²) in [6.07, 6.45) is -3.52. The van der Waals surface area contributed by atoms with Crippen molar-refractivity contribution in [2.75, 3.05) is 0 Å². The zero-order chi connectivity index (χ0) is 10.8. The third-order valence-electron chi connectivity index (χ3n) is 2.05. The van der Waals surface area contributed by atoms with Crippen LogP contribution in [0.2, 0.25) is 0 Å². The van der Waals surface area contributed by atoms with Crippen LogP contribution in [-0.2, 0) is 6.42 Å². The van der Waals surface area contributed by atoms with Crippen LogP contribution in [0.1, 0.15) is 18.1 Å². The molecule has 0 amide bonds. The zero-order valence-corrected chi connectivity index (χ0v) is 7.86. The molecule has 0 spiro atoms. The van der Waals surface area contributed by atoms with Gasteiger partial charge in [-0.3, -0.25) is 0 Å². The van der Waals surface area contributed by atoms with Gasteiger partial charge >= 0.3 is 6.18 Å². The van der Waals surface area contributed by atoms with E-state index >= 15 is 0 Å². The van der Waals surface area contributed by atoms with Crippen LogP contribution >= 0.6 is 0 Å². The zero-order valence-electron chi connectivity index (χ0n) is 7.86. The van der Waals surface area contributed by atoms with E-state index in [4.69, 9.17) is 0 Å². The Morgan fingerprint density at radius 1 is 1.21 bits per heavy atom. The summed E-state index contributed by atoms with van der Waals surface area (Å²) in [7, 11) is 0. The molecule has 1 aromatic rings. The van der Waals surface area contributed by atoms with Crippen LogP contribution in [0.5, 0.6) is 0 Å². The summed E-state index contributed by atoms with van der Waals surface area (Å²) >= 11 is 0. The number of allylic oxidation sites excluding steroid dienone is 1. The highest BCUT2D eigenvalue weighted by Crippen LogP contribution is 2.32. The van der Waals surface area contributed by atoms with E-state index in [1.165, 1.54) is 12.1 Å². The average Bonchev–Trinajstić information content (AvgIpc) is 2.15. The smallest absolute Gasteiger partial charge is 0.166 e. The quantitative estimate of drug-likeness (QED) is 0.680. The van der Waals surface area contributed by atoms with Crippen molar-refractivity contribution in [3.05, 3.63) is 42.0 Å². The summed E-state index contributed by atoms with van der Waals surface area (Å²) in [5.74, 6) is 0. The van der Waals surface area contributed by atoms with E-state index in [1.807, 2.05) is 6.92 Å². The van der Waals surface area contributed by atoms with Crippen LogP contribution in [0.25, 0.3) is 5.57 Å². The summed E-state index contributed by atoms with van der Waals surface area (Å²) in [5, 5.41) is 0. The van der Waals surface area contributed by atoms with E-state index in [0.29, 0.717) is 0 Å². The molecule has 0 aliphatic heterocycles. The van der Waals surface area contributed by atoms with E-state index in [9.17, 15) is 13.2 Å². The van der Waals surface area contributed by atoms with Crippen molar-refractivity contribution < 1.29 is 13.2 Å². The molecule has 0 saturated heterocycles. The van der Waals surface area contributed by atoms with Gasteiger partial charge in [-0.05, 0) is 17.5 Å². The summed E-state index contributed by atoms with van der Waals surface area (Å²) in [6.45, 7) is 4.98. The predicted octanol–water partition coefficient (Wildman–Crippen LogP) is 3.82. The SMILES string of the molecule is C=C(c1ccc(CC)cc1)C(F)(F)F. The summed E-state index contributed by atoms with van der Waals surface area (Å²) < 4.78 is 36.7. The second-order valence-electron chi connectivity index (χ2n) is 3.03. The van der Waals surface area contributed by atoms with Crippen LogP contribution < -0.4 is 0 Å². The molecule has 0 radical (unpaired) electrons. The van der Waals surface area contributed by atoms with Gasteiger partial charge in [0, 0.05) is 0 Å². The Hall–Kier alpha value is -1.25. The molecule has 0 nitrogen and oxygen atoms in total. The highest BCUT2D eigenvalue weighted by Gasteiger charge is 2.32. The molecule has 1 rings (SSSR count). The Labute approximate surface area is 81.1 Å². The largest absolute Gasteiger partial charge is 0.416 e. The Balaban J connectivity index is 2.93. The van der Waals surface area contributed by atoms with Crippen molar-refractivity contribution in [1.82, 2.24) is 0 Å². The van der Waals surface area contributed by atoms with Crippen molar-refractivity contribution in [1.29, 1.82) is 0 Å². The third kappa shape index (κ3) is 2.37. The molecule has 0 unspecified atom stereocenters. The molecular weight excluding hydrogens is 189 g/mol. The van der Waals surface area contributed by atoms with Crippen LogP contribution in [0.4, 0.5) is 13.2 Å². The van der Waals surface area contributed by atoms with Gasteiger partial charge in [-0.1, -0.05) is 37.8 Å². The summed E-state index contributed by atoms with van der Waals surface area (Å²) in [5.41, 5.74) is 0.360. The molecular formula is C11H11F3. The topological polar surface area (TPSA) is 0 Å². The molecule has 0 aliphatic rings. The number of halogens is 3. The number of alkyl halides is 3. The lowest BCUT2D eigenvalue weighted by Crippen LogP contribution is -2.09. The summed E-state index contributed by atoms with van der Waals surface area (Å²) in [6, 6.07) is 6.28. The molecule has 0 aromatic heterocycles. The maximum Gasteiger partial charge on any atom is 0.416 e. The minimum Gasteiger partial charge on any atom is -0.166 e. The van der Waals surface area contributed by atoms with Crippen molar-refractivity contribution >= 4 is 5.57 Å². The standard InChI is InChI=1S/C11H11F3/c1-3-9-4-6-10(7-5-9)8(2)11(12,13)14/h4-7H,2-3H2,1H3. The molecule has 1 aromatic carbocycles. The molecule has 0 atom stereocenters. The first kappa shape index (κ1) is 10.8. The van der Waals surface area contributed by atoms with E-state index < -0.39 is 11.7 Å². The first-order valence-electron chi connectivity index (χ1n) is 4.30. The molecule has 0 bridgehead atoms. The van der Waals surface area contributed by atoms with Gasteiger partial charge in [0.2, 0.25) is 0 Å². The minimum absolute atomic E-state index is 0.134. The first-order valence-corrected chi connectivity index (χ1v) is 4.30. The van der Waals surface area contributed by atoms with Gasteiger partial charge in [-0.2, -0.15) is 13.2 Å². The molecule has 0 saturated carbocycles. The fraction of sp³-hybridized carbons (Fsp3) is 0.273. The van der Waals surface area contributed by atoms with Crippen molar-refractivity contribution in [2.24, 2.45) is 0 Å². The van der Waals surface area contributed by atoms with Gasteiger partial charge in [0.25, 0.3) is 0 Å². The highest BCUT2D eigenvalue weighted by atomic mass is 19.4. The molecule has 0 fully saturated rings. The lowest BCUT2D eigenvalue weighted by atomic mass is 10.0. The number of rotatable bonds is 2. The molecule has 0 aliphatic carbocycles. The van der Waals surface area contributed by atoms with Crippen molar-refractivity contribution in [2.45, 2.75) is 19.5 Å². The normalized spacial score (nSPS) is 11.4. The number of hydrogen-bond donors (Lipinski definition) is 0. The number of aryl methyl sites for hydroxylation is 1. The van der Waals surface area contributed by atoms with E-state index in [2.05, 4.69) is 6.58 Å². The van der Waals surface area contributed by atoms with Crippen molar-refractivity contribution in [3.63, 3.8) is 0 Å². The van der Waals surface area contributed by atoms with E-state index in [0.717, 1.165) is 12.0 Å². The van der Waals surface area contributed by atoms with Crippen LogP contribution in [0.15, 0.2) is 30.8 Å². The lowest BCUT2D eigenvalue weighted by molar-refractivity contribution is -0.0686.